The first-order valence-electron chi connectivity index (χ1n) is 6.39. The summed E-state index contributed by atoms with van der Waals surface area (Å²) in [7, 11) is 0. The van der Waals surface area contributed by atoms with Crippen LogP contribution in [0.4, 0.5) is 5.82 Å². The minimum Gasteiger partial charge on any atom is -0.384 e. The summed E-state index contributed by atoms with van der Waals surface area (Å²) >= 11 is 1.73. The second-order valence-corrected chi connectivity index (χ2v) is 5.43. The maximum Gasteiger partial charge on any atom is 0.189 e. The number of nitrogen functional groups attached to an aromatic ring is 1. The SMILES string of the molecule is CCCCC(CC)CSc1nc(C)cc(N)n1. The fourth-order valence-corrected chi connectivity index (χ4v) is 2.89. The van der Waals surface area contributed by atoms with Crippen molar-refractivity contribution in [1.29, 1.82) is 0 Å². The third-order valence-electron chi connectivity index (χ3n) is 2.84. The van der Waals surface area contributed by atoms with Crippen molar-refractivity contribution in [2.24, 2.45) is 5.92 Å². The van der Waals surface area contributed by atoms with E-state index in [0.717, 1.165) is 22.5 Å². The second-order valence-electron chi connectivity index (χ2n) is 4.44. The van der Waals surface area contributed by atoms with E-state index < -0.39 is 0 Å². The maximum absolute atomic E-state index is 5.71. The quantitative estimate of drug-likeness (QED) is 0.595. The molecule has 1 unspecified atom stereocenters. The molecule has 0 fully saturated rings. The average Bonchev–Trinajstić information content (AvgIpc) is 2.28. The maximum atomic E-state index is 5.71. The smallest absolute Gasteiger partial charge is 0.189 e. The van der Waals surface area contributed by atoms with Crippen molar-refractivity contribution in [2.45, 2.75) is 51.6 Å². The Morgan fingerprint density at radius 3 is 2.71 bits per heavy atom. The molecule has 17 heavy (non-hydrogen) atoms. The number of unbranched alkanes of at least 4 members (excludes halogenated alkanes) is 1. The monoisotopic (exact) mass is 253 g/mol. The van der Waals surface area contributed by atoms with Gasteiger partial charge in [0, 0.05) is 17.5 Å². The molecule has 0 saturated heterocycles. The third-order valence-corrected chi connectivity index (χ3v) is 3.92. The van der Waals surface area contributed by atoms with Crippen LogP contribution in [0.25, 0.3) is 0 Å². The molecule has 1 aromatic heterocycles. The number of hydrogen-bond donors (Lipinski definition) is 1. The lowest BCUT2D eigenvalue weighted by Crippen LogP contribution is -2.04. The van der Waals surface area contributed by atoms with E-state index in [1.54, 1.807) is 17.8 Å². The number of aromatic nitrogens is 2. The van der Waals surface area contributed by atoms with E-state index in [1.165, 1.54) is 25.7 Å². The van der Waals surface area contributed by atoms with Crippen LogP contribution in [0, 0.1) is 12.8 Å². The summed E-state index contributed by atoms with van der Waals surface area (Å²) in [5, 5.41) is 0.817. The summed E-state index contributed by atoms with van der Waals surface area (Å²) in [4.78, 5) is 8.64. The zero-order valence-electron chi connectivity index (χ0n) is 11.1. The van der Waals surface area contributed by atoms with Gasteiger partial charge in [0.05, 0.1) is 0 Å². The molecule has 0 aliphatic carbocycles. The van der Waals surface area contributed by atoms with Gasteiger partial charge in [0.2, 0.25) is 0 Å². The first-order valence-corrected chi connectivity index (χ1v) is 7.38. The Morgan fingerprint density at radius 1 is 1.35 bits per heavy atom. The molecule has 96 valence electrons. The zero-order chi connectivity index (χ0) is 12.7. The molecule has 0 aliphatic heterocycles. The fourth-order valence-electron chi connectivity index (χ4n) is 1.72. The molecule has 0 amide bonds. The highest BCUT2D eigenvalue weighted by Gasteiger charge is 2.08. The molecule has 0 bridgehead atoms. The molecule has 1 rings (SSSR count). The lowest BCUT2D eigenvalue weighted by molar-refractivity contribution is 0.499. The Labute approximate surface area is 109 Å². The van der Waals surface area contributed by atoms with Crippen LogP contribution in [-0.4, -0.2) is 15.7 Å². The van der Waals surface area contributed by atoms with Gasteiger partial charge in [-0.15, -0.1) is 0 Å². The minimum atomic E-state index is 0.571. The van der Waals surface area contributed by atoms with Gasteiger partial charge in [0.15, 0.2) is 5.16 Å². The van der Waals surface area contributed by atoms with Crippen LogP contribution in [-0.2, 0) is 0 Å². The predicted molar refractivity (Wildman–Crippen MR) is 75.2 cm³/mol. The molecule has 2 N–H and O–H groups in total. The van der Waals surface area contributed by atoms with Crippen molar-refractivity contribution in [2.75, 3.05) is 11.5 Å². The average molecular weight is 253 g/mol. The van der Waals surface area contributed by atoms with Gasteiger partial charge >= 0.3 is 0 Å². The zero-order valence-corrected chi connectivity index (χ0v) is 11.9. The summed E-state index contributed by atoms with van der Waals surface area (Å²) in [6, 6.07) is 1.80. The Balaban J connectivity index is 2.47. The highest BCUT2D eigenvalue weighted by atomic mass is 32.2. The number of rotatable bonds is 7. The predicted octanol–water partition coefficient (Wildman–Crippen LogP) is 3.68. The van der Waals surface area contributed by atoms with Crippen molar-refractivity contribution >= 4 is 17.6 Å². The fraction of sp³-hybridized carbons (Fsp3) is 0.692. The van der Waals surface area contributed by atoms with Gasteiger partial charge in [0.25, 0.3) is 0 Å². The van der Waals surface area contributed by atoms with Gasteiger partial charge in [-0.1, -0.05) is 44.9 Å². The van der Waals surface area contributed by atoms with Gasteiger partial charge in [-0.25, -0.2) is 9.97 Å². The molecule has 0 radical (unpaired) electrons. The van der Waals surface area contributed by atoms with Gasteiger partial charge in [-0.2, -0.15) is 0 Å². The molecule has 0 spiro atoms. The van der Waals surface area contributed by atoms with Crippen molar-refractivity contribution < 1.29 is 0 Å². The Bertz CT molecular complexity index is 321. The first kappa shape index (κ1) is 14.3. The number of hydrogen-bond acceptors (Lipinski definition) is 4. The van der Waals surface area contributed by atoms with Crippen LogP contribution < -0.4 is 5.73 Å². The van der Waals surface area contributed by atoms with E-state index in [2.05, 4.69) is 23.8 Å². The second kappa shape index (κ2) is 7.54. The highest BCUT2D eigenvalue weighted by molar-refractivity contribution is 7.99. The van der Waals surface area contributed by atoms with Crippen LogP contribution in [0.3, 0.4) is 0 Å². The summed E-state index contributed by atoms with van der Waals surface area (Å²) in [6.45, 7) is 6.45. The van der Waals surface area contributed by atoms with Crippen LogP contribution in [0.5, 0.6) is 0 Å². The number of nitrogens with two attached hydrogens (primary N) is 1. The van der Waals surface area contributed by atoms with E-state index >= 15 is 0 Å². The van der Waals surface area contributed by atoms with E-state index in [-0.39, 0.29) is 0 Å². The largest absolute Gasteiger partial charge is 0.384 e. The van der Waals surface area contributed by atoms with E-state index in [4.69, 9.17) is 5.73 Å². The standard InChI is InChI=1S/C13H23N3S/c1-4-6-7-11(5-2)9-17-13-15-10(3)8-12(14)16-13/h8,11H,4-7,9H2,1-3H3,(H2,14,15,16). The van der Waals surface area contributed by atoms with Crippen LogP contribution in [0.1, 0.15) is 45.2 Å². The molecule has 3 nitrogen and oxygen atoms in total. The molecular formula is C13H23N3S. The summed E-state index contributed by atoms with van der Waals surface area (Å²) in [5.74, 6) is 2.44. The molecule has 0 aliphatic rings. The van der Waals surface area contributed by atoms with Crippen LogP contribution >= 0.6 is 11.8 Å². The van der Waals surface area contributed by atoms with E-state index in [9.17, 15) is 0 Å². The van der Waals surface area contributed by atoms with Gasteiger partial charge < -0.3 is 5.73 Å². The number of thioether (sulfide) groups is 1. The van der Waals surface area contributed by atoms with Gasteiger partial charge in [-0.05, 0) is 19.3 Å². The molecule has 1 aromatic rings. The molecule has 1 atom stereocenters. The van der Waals surface area contributed by atoms with E-state index in [1.807, 2.05) is 6.92 Å². The number of aryl methyl sites for hydroxylation is 1. The highest BCUT2D eigenvalue weighted by Crippen LogP contribution is 2.23. The Kier molecular flexibility index (Phi) is 6.34. The summed E-state index contributed by atoms with van der Waals surface area (Å²) in [5.41, 5.74) is 6.66. The lowest BCUT2D eigenvalue weighted by Gasteiger charge is -2.13. The minimum absolute atomic E-state index is 0.571. The van der Waals surface area contributed by atoms with Crippen molar-refractivity contribution in [3.05, 3.63) is 11.8 Å². The topological polar surface area (TPSA) is 51.8 Å². The molecule has 0 saturated carbocycles. The summed E-state index contributed by atoms with van der Waals surface area (Å²) in [6.07, 6.45) is 5.13. The number of nitrogens with zero attached hydrogens (tertiary/aromatic N) is 2. The van der Waals surface area contributed by atoms with Crippen LogP contribution in [0.2, 0.25) is 0 Å². The van der Waals surface area contributed by atoms with Crippen molar-refractivity contribution in [1.82, 2.24) is 9.97 Å². The third kappa shape index (κ3) is 5.39. The Hall–Kier alpha value is -0.770. The van der Waals surface area contributed by atoms with Crippen molar-refractivity contribution in [3.63, 3.8) is 0 Å². The molecule has 1 heterocycles. The summed E-state index contributed by atoms with van der Waals surface area (Å²) < 4.78 is 0. The van der Waals surface area contributed by atoms with Gasteiger partial charge in [-0.3, -0.25) is 0 Å². The van der Waals surface area contributed by atoms with Gasteiger partial charge in [0.1, 0.15) is 5.82 Å². The first-order chi connectivity index (χ1) is 8.15. The number of anilines is 1. The molecular weight excluding hydrogens is 230 g/mol. The molecule has 0 aromatic carbocycles. The van der Waals surface area contributed by atoms with E-state index in [0.29, 0.717) is 5.82 Å². The normalized spacial score (nSPS) is 12.6. The lowest BCUT2D eigenvalue weighted by atomic mass is 10.0. The van der Waals surface area contributed by atoms with Crippen molar-refractivity contribution in [3.8, 4) is 0 Å². The Morgan fingerprint density at radius 2 is 2.12 bits per heavy atom. The van der Waals surface area contributed by atoms with Crippen LogP contribution in [0.15, 0.2) is 11.2 Å². The molecule has 4 heteroatoms.